The van der Waals surface area contributed by atoms with Crippen molar-refractivity contribution in [3.05, 3.63) is 65.7 Å². The number of sulfonamides is 1. The van der Waals surface area contributed by atoms with Crippen molar-refractivity contribution in [1.82, 2.24) is 0 Å². The second kappa shape index (κ2) is 6.90. The summed E-state index contributed by atoms with van der Waals surface area (Å²) in [7, 11) is -3.32. The predicted molar refractivity (Wildman–Crippen MR) is 86.6 cm³/mol. The molecule has 5 heteroatoms. The van der Waals surface area contributed by atoms with Crippen molar-refractivity contribution < 1.29 is 8.42 Å². The summed E-state index contributed by atoms with van der Waals surface area (Å²) in [6, 6.07) is 17.0. The van der Waals surface area contributed by atoms with E-state index in [4.69, 9.17) is 0 Å². The Labute approximate surface area is 128 Å². The highest BCUT2D eigenvalue weighted by molar-refractivity contribution is 9.08. The SMILES string of the molecule is O=S(=O)(CCc1ccccc1)Nc1cccc(CBr)c1. The molecule has 0 fully saturated rings. The summed E-state index contributed by atoms with van der Waals surface area (Å²) >= 11 is 3.36. The Morgan fingerprint density at radius 1 is 0.950 bits per heavy atom. The minimum atomic E-state index is -3.32. The summed E-state index contributed by atoms with van der Waals surface area (Å²) in [4.78, 5) is 0. The first-order valence-electron chi connectivity index (χ1n) is 6.28. The molecule has 0 saturated heterocycles. The second-order valence-electron chi connectivity index (χ2n) is 4.49. The van der Waals surface area contributed by atoms with Crippen LogP contribution in [0.1, 0.15) is 11.1 Å². The maximum absolute atomic E-state index is 12.1. The van der Waals surface area contributed by atoms with Crippen molar-refractivity contribution in [2.24, 2.45) is 0 Å². The van der Waals surface area contributed by atoms with Crippen LogP contribution in [0.25, 0.3) is 0 Å². The van der Waals surface area contributed by atoms with E-state index in [1.807, 2.05) is 48.5 Å². The Balaban J connectivity index is 2.00. The minimum absolute atomic E-state index is 0.0789. The van der Waals surface area contributed by atoms with Crippen molar-refractivity contribution in [1.29, 1.82) is 0 Å². The van der Waals surface area contributed by atoms with Crippen LogP contribution >= 0.6 is 15.9 Å². The Kier molecular flexibility index (Phi) is 5.20. The summed E-state index contributed by atoms with van der Waals surface area (Å²) in [5, 5.41) is 0.701. The highest BCUT2D eigenvalue weighted by Gasteiger charge is 2.10. The Morgan fingerprint density at radius 3 is 2.35 bits per heavy atom. The van der Waals surface area contributed by atoms with E-state index in [2.05, 4.69) is 20.7 Å². The fourth-order valence-electron chi connectivity index (χ4n) is 1.85. The van der Waals surface area contributed by atoms with Crippen molar-refractivity contribution in [3.63, 3.8) is 0 Å². The molecular weight excluding hydrogens is 338 g/mol. The van der Waals surface area contributed by atoms with E-state index in [0.29, 0.717) is 17.4 Å². The van der Waals surface area contributed by atoms with E-state index in [1.54, 1.807) is 6.07 Å². The molecule has 2 aromatic carbocycles. The van der Waals surface area contributed by atoms with Crippen molar-refractivity contribution in [2.45, 2.75) is 11.8 Å². The smallest absolute Gasteiger partial charge is 0.233 e. The first-order chi connectivity index (χ1) is 9.59. The molecule has 2 aromatic rings. The van der Waals surface area contributed by atoms with Crippen molar-refractivity contribution in [2.75, 3.05) is 10.5 Å². The van der Waals surface area contributed by atoms with E-state index < -0.39 is 10.0 Å². The quantitative estimate of drug-likeness (QED) is 0.807. The van der Waals surface area contributed by atoms with Crippen LogP contribution in [0.5, 0.6) is 0 Å². The van der Waals surface area contributed by atoms with E-state index in [-0.39, 0.29) is 5.75 Å². The van der Waals surface area contributed by atoms with E-state index >= 15 is 0 Å². The topological polar surface area (TPSA) is 46.2 Å². The third-order valence-electron chi connectivity index (χ3n) is 2.86. The molecule has 106 valence electrons. The van der Waals surface area contributed by atoms with Crippen LogP contribution in [0, 0.1) is 0 Å². The molecule has 0 heterocycles. The van der Waals surface area contributed by atoms with Crippen molar-refractivity contribution in [3.8, 4) is 0 Å². The van der Waals surface area contributed by atoms with Gasteiger partial charge in [-0.1, -0.05) is 58.4 Å². The lowest BCUT2D eigenvalue weighted by atomic mass is 10.2. The maximum Gasteiger partial charge on any atom is 0.233 e. The highest BCUT2D eigenvalue weighted by Crippen LogP contribution is 2.15. The van der Waals surface area contributed by atoms with Gasteiger partial charge in [0, 0.05) is 11.0 Å². The van der Waals surface area contributed by atoms with Gasteiger partial charge in [0.2, 0.25) is 10.0 Å². The number of benzene rings is 2. The number of anilines is 1. The molecule has 0 aliphatic carbocycles. The molecular formula is C15H16BrNO2S. The standard InChI is InChI=1S/C15H16BrNO2S/c16-12-14-7-4-8-15(11-14)17-20(18,19)10-9-13-5-2-1-3-6-13/h1-8,11,17H,9-10,12H2. The number of halogens is 1. The number of hydrogen-bond acceptors (Lipinski definition) is 2. The molecule has 20 heavy (non-hydrogen) atoms. The maximum atomic E-state index is 12.1. The Bertz CT molecular complexity index is 657. The molecule has 1 N–H and O–H groups in total. The van der Waals surface area contributed by atoms with Gasteiger partial charge < -0.3 is 0 Å². The molecule has 0 spiro atoms. The zero-order valence-electron chi connectivity index (χ0n) is 10.9. The van der Waals surface area contributed by atoms with Gasteiger partial charge in [-0.15, -0.1) is 0 Å². The second-order valence-corrected chi connectivity index (χ2v) is 6.89. The summed E-state index contributed by atoms with van der Waals surface area (Å²) < 4.78 is 26.7. The number of hydrogen-bond donors (Lipinski definition) is 1. The zero-order valence-corrected chi connectivity index (χ0v) is 13.3. The van der Waals surface area contributed by atoms with Gasteiger partial charge in [-0.25, -0.2) is 8.42 Å². The van der Waals surface area contributed by atoms with E-state index in [0.717, 1.165) is 11.1 Å². The minimum Gasteiger partial charge on any atom is -0.284 e. The van der Waals surface area contributed by atoms with Crippen molar-refractivity contribution >= 4 is 31.6 Å². The molecule has 0 unspecified atom stereocenters. The van der Waals surface area contributed by atoms with Crippen LogP contribution in [-0.4, -0.2) is 14.2 Å². The lowest BCUT2D eigenvalue weighted by Gasteiger charge is -2.09. The monoisotopic (exact) mass is 353 g/mol. The van der Waals surface area contributed by atoms with Gasteiger partial charge in [0.05, 0.1) is 5.75 Å². The van der Waals surface area contributed by atoms with Crippen LogP contribution in [0.15, 0.2) is 54.6 Å². The van der Waals surface area contributed by atoms with Gasteiger partial charge in [-0.2, -0.15) is 0 Å². The molecule has 0 aliphatic rings. The number of nitrogens with one attached hydrogen (secondary N) is 1. The number of rotatable bonds is 6. The average Bonchev–Trinajstić information content (AvgIpc) is 2.46. The Hall–Kier alpha value is -1.33. The predicted octanol–water partition coefficient (Wildman–Crippen LogP) is 3.57. The molecule has 2 rings (SSSR count). The lowest BCUT2D eigenvalue weighted by molar-refractivity contribution is 0.600. The normalized spacial score (nSPS) is 11.2. The summed E-state index contributed by atoms with van der Waals surface area (Å²) in [6.45, 7) is 0. The fourth-order valence-corrected chi connectivity index (χ4v) is 3.29. The molecule has 0 aromatic heterocycles. The third kappa shape index (κ3) is 4.65. The zero-order chi connectivity index (χ0) is 14.4. The highest BCUT2D eigenvalue weighted by atomic mass is 79.9. The molecule has 0 aliphatic heterocycles. The molecule has 3 nitrogen and oxygen atoms in total. The van der Waals surface area contributed by atoms with Gasteiger partial charge in [-0.05, 0) is 29.7 Å². The first-order valence-corrected chi connectivity index (χ1v) is 9.06. The molecule has 0 saturated carbocycles. The van der Waals surface area contributed by atoms with Crippen LogP contribution in [-0.2, 0) is 21.8 Å². The number of aryl methyl sites for hydroxylation is 1. The van der Waals surface area contributed by atoms with Crippen LogP contribution in [0.2, 0.25) is 0 Å². The van der Waals surface area contributed by atoms with Gasteiger partial charge in [-0.3, -0.25) is 4.72 Å². The average molecular weight is 354 g/mol. The Morgan fingerprint density at radius 2 is 1.65 bits per heavy atom. The molecule has 0 atom stereocenters. The fraction of sp³-hybridized carbons (Fsp3) is 0.200. The molecule has 0 radical (unpaired) electrons. The summed E-state index contributed by atoms with van der Waals surface area (Å²) in [5.41, 5.74) is 2.66. The summed E-state index contributed by atoms with van der Waals surface area (Å²) in [6.07, 6.45) is 0.508. The first kappa shape index (κ1) is 15.1. The van der Waals surface area contributed by atoms with Crippen LogP contribution in [0.4, 0.5) is 5.69 Å². The third-order valence-corrected chi connectivity index (χ3v) is 4.79. The van der Waals surface area contributed by atoms with Gasteiger partial charge in [0.15, 0.2) is 0 Å². The van der Waals surface area contributed by atoms with Crippen LogP contribution in [0.3, 0.4) is 0 Å². The molecule has 0 amide bonds. The van der Waals surface area contributed by atoms with Gasteiger partial charge in [0.1, 0.15) is 0 Å². The lowest BCUT2D eigenvalue weighted by Crippen LogP contribution is -2.18. The van der Waals surface area contributed by atoms with Crippen LogP contribution < -0.4 is 4.72 Å². The molecule has 0 bridgehead atoms. The van der Waals surface area contributed by atoms with E-state index in [9.17, 15) is 8.42 Å². The summed E-state index contributed by atoms with van der Waals surface area (Å²) in [5.74, 6) is 0.0789. The number of alkyl halides is 1. The van der Waals surface area contributed by atoms with Gasteiger partial charge in [0.25, 0.3) is 0 Å². The largest absolute Gasteiger partial charge is 0.284 e. The van der Waals surface area contributed by atoms with E-state index in [1.165, 1.54) is 0 Å². The van der Waals surface area contributed by atoms with Gasteiger partial charge >= 0.3 is 0 Å².